The lowest BCUT2D eigenvalue weighted by atomic mass is 10.0. The van der Waals surface area contributed by atoms with Gasteiger partial charge in [-0.1, -0.05) is 60.1 Å². The maximum atomic E-state index is 13.3. The SMILES string of the molecule is COc1ccc(Cl)cc1S(=O)(=O)N[C@H](Cc1ccccc1)C(=O)Nc1c(C)cccc1C. The van der Waals surface area contributed by atoms with Crippen LogP contribution in [0.2, 0.25) is 5.02 Å². The normalized spacial score (nSPS) is 12.2. The molecule has 0 spiro atoms. The second kappa shape index (κ2) is 10.2. The number of sulfonamides is 1. The summed E-state index contributed by atoms with van der Waals surface area (Å²) in [4.78, 5) is 13.1. The molecule has 1 amide bonds. The highest BCUT2D eigenvalue weighted by atomic mass is 35.5. The highest BCUT2D eigenvalue weighted by Crippen LogP contribution is 2.27. The number of aryl methyl sites for hydroxylation is 2. The third kappa shape index (κ3) is 5.68. The zero-order valence-electron chi connectivity index (χ0n) is 18.1. The van der Waals surface area contributed by atoms with Crippen molar-refractivity contribution in [1.29, 1.82) is 0 Å². The monoisotopic (exact) mass is 472 g/mol. The summed E-state index contributed by atoms with van der Waals surface area (Å²) in [6.45, 7) is 3.77. The molecule has 168 valence electrons. The number of halogens is 1. The van der Waals surface area contributed by atoms with Crippen LogP contribution in [0.1, 0.15) is 16.7 Å². The Balaban J connectivity index is 1.96. The first-order valence-corrected chi connectivity index (χ1v) is 11.8. The van der Waals surface area contributed by atoms with E-state index in [-0.39, 0.29) is 22.1 Å². The lowest BCUT2D eigenvalue weighted by molar-refractivity contribution is -0.117. The first kappa shape index (κ1) is 23.8. The van der Waals surface area contributed by atoms with Gasteiger partial charge in [-0.15, -0.1) is 0 Å². The van der Waals surface area contributed by atoms with Crippen LogP contribution in [0.4, 0.5) is 5.69 Å². The molecule has 32 heavy (non-hydrogen) atoms. The van der Waals surface area contributed by atoms with E-state index in [1.807, 2.05) is 62.4 Å². The molecule has 0 aliphatic rings. The maximum absolute atomic E-state index is 13.3. The van der Waals surface area contributed by atoms with E-state index >= 15 is 0 Å². The van der Waals surface area contributed by atoms with Crippen molar-refractivity contribution in [3.8, 4) is 5.75 Å². The van der Waals surface area contributed by atoms with Crippen molar-refractivity contribution >= 4 is 33.2 Å². The molecule has 2 N–H and O–H groups in total. The predicted octanol–water partition coefficient (Wildman–Crippen LogP) is 4.49. The number of hydrogen-bond acceptors (Lipinski definition) is 4. The van der Waals surface area contributed by atoms with Gasteiger partial charge in [0.25, 0.3) is 0 Å². The molecular formula is C24H25ClN2O4S. The van der Waals surface area contributed by atoms with Gasteiger partial charge in [-0.05, 0) is 55.2 Å². The fourth-order valence-electron chi connectivity index (χ4n) is 3.37. The van der Waals surface area contributed by atoms with Crippen LogP contribution in [0.5, 0.6) is 5.75 Å². The van der Waals surface area contributed by atoms with Crippen LogP contribution in [-0.2, 0) is 21.2 Å². The molecule has 8 heteroatoms. The number of amides is 1. The molecule has 3 aromatic carbocycles. The molecule has 3 aromatic rings. The minimum Gasteiger partial charge on any atom is -0.495 e. The summed E-state index contributed by atoms with van der Waals surface area (Å²) in [5, 5.41) is 3.13. The Bertz CT molecular complexity index is 1190. The predicted molar refractivity (Wildman–Crippen MR) is 127 cm³/mol. The van der Waals surface area contributed by atoms with E-state index in [2.05, 4.69) is 10.0 Å². The van der Waals surface area contributed by atoms with E-state index in [0.29, 0.717) is 5.69 Å². The smallest absolute Gasteiger partial charge is 0.245 e. The van der Waals surface area contributed by atoms with Crippen LogP contribution in [0.3, 0.4) is 0 Å². The second-order valence-electron chi connectivity index (χ2n) is 7.41. The first-order chi connectivity index (χ1) is 15.2. The average molecular weight is 473 g/mol. The Hall–Kier alpha value is -2.87. The molecule has 0 aromatic heterocycles. The lowest BCUT2D eigenvalue weighted by Gasteiger charge is -2.21. The van der Waals surface area contributed by atoms with Crippen molar-refractivity contribution in [3.05, 3.63) is 88.4 Å². The van der Waals surface area contributed by atoms with Gasteiger partial charge in [-0.2, -0.15) is 4.72 Å². The molecule has 6 nitrogen and oxygen atoms in total. The Morgan fingerprint density at radius 2 is 1.66 bits per heavy atom. The lowest BCUT2D eigenvalue weighted by Crippen LogP contribution is -2.45. The highest BCUT2D eigenvalue weighted by Gasteiger charge is 2.29. The fraction of sp³-hybridized carbons (Fsp3) is 0.208. The number of anilines is 1. The quantitative estimate of drug-likeness (QED) is 0.505. The number of rotatable bonds is 8. The Morgan fingerprint density at radius 1 is 1.00 bits per heavy atom. The Kier molecular flexibility index (Phi) is 7.56. The number of nitrogens with one attached hydrogen (secondary N) is 2. The number of para-hydroxylation sites is 1. The van der Waals surface area contributed by atoms with E-state index in [9.17, 15) is 13.2 Å². The molecule has 0 fully saturated rings. The summed E-state index contributed by atoms with van der Waals surface area (Å²) < 4.78 is 34.2. The summed E-state index contributed by atoms with van der Waals surface area (Å²) in [7, 11) is -2.75. The standard InChI is InChI=1S/C24H25ClN2O4S/c1-16-8-7-9-17(2)23(16)26-24(28)20(14-18-10-5-4-6-11-18)27-32(29,30)22-15-19(25)12-13-21(22)31-3/h4-13,15,20,27H,14H2,1-3H3,(H,26,28)/t20-/m1/s1. The molecule has 0 unspecified atom stereocenters. The Morgan fingerprint density at radius 3 is 2.28 bits per heavy atom. The van der Waals surface area contributed by atoms with Crippen molar-refractivity contribution in [3.63, 3.8) is 0 Å². The summed E-state index contributed by atoms with van der Waals surface area (Å²) in [5.74, 6) is -0.327. The van der Waals surface area contributed by atoms with Crippen molar-refractivity contribution in [1.82, 2.24) is 4.72 Å². The number of methoxy groups -OCH3 is 1. The first-order valence-electron chi connectivity index (χ1n) is 9.98. The molecule has 0 aliphatic heterocycles. The van der Waals surface area contributed by atoms with Gasteiger partial charge >= 0.3 is 0 Å². The number of ether oxygens (including phenoxy) is 1. The highest BCUT2D eigenvalue weighted by molar-refractivity contribution is 7.89. The molecular weight excluding hydrogens is 448 g/mol. The molecule has 0 saturated heterocycles. The average Bonchev–Trinajstić information content (AvgIpc) is 2.76. The van der Waals surface area contributed by atoms with Gasteiger partial charge < -0.3 is 10.1 Å². The number of carbonyl (C=O) groups excluding carboxylic acids is 1. The zero-order valence-corrected chi connectivity index (χ0v) is 19.6. The molecule has 0 saturated carbocycles. The van der Waals surface area contributed by atoms with E-state index in [0.717, 1.165) is 16.7 Å². The van der Waals surface area contributed by atoms with Crippen molar-refractivity contribution in [2.75, 3.05) is 12.4 Å². The van der Waals surface area contributed by atoms with Crippen LogP contribution in [-0.4, -0.2) is 27.5 Å². The minimum atomic E-state index is -4.12. The fourth-order valence-corrected chi connectivity index (χ4v) is 5.00. The summed E-state index contributed by atoms with van der Waals surface area (Å²) in [6, 6.07) is 18.1. The molecule has 0 aliphatic carbocycles. The number of carbonyl (C=O) groups is 1. The van der Waals surface area contributed by atoms with E-state index in [1.54, 1.807) is 0 Å². The minimum absolute atomic E-state index is 0.134. The third-order valence-corrected chi connectivity index (χ3v) is 6.77. The molecule has 1 atom stereocenters. The van der Waals surface area contributed by atoms with Gasteiger partial charge in [0.05, 0.1) is 7.11 Å². The molecule has 0 heterocycles. The van der Waals surface area contributed by atoms with Gasteiger partial charge in [0.1, 0.15) is 16.7 Å². The van der Waals surface area contributed by atoms with Gasteiger partial charge in [0, 0.05) is 10.7 Å². The summed E-state index contributed by atoms with van der Waals surface area (Å²) >= 11 is 6.02. The number of hydrogen-bond donors (Lipinski definition) is 2. The Labute approximate surface area is 193 Å². The number of benzene rings is 3. The van der Waals surface area contributed by atoms with Gasteiger partial charge in [0.15, 0.2) is 0 Å². The van der Waals surface area contributed by atoms with Crippen LogP contribution >= 0.6 is 11.6 Å². The van der Waals surface area contributed by atoms with Crippen molar-refractivity contribution in [2.24, 2.45) is 0 Å². The van der Waals surface area contributed by atoms with Crippen LogP contribution in [0, 0.1) is 13.8 Å². The van der Waals surface area contributed by atoms with Crippen molar-refractivity contribution < 1.29 is 17.9 Å². The van der Waals surface area contributed by atoms with Crippen LogP contribution in [0.25, 0.3) is 0 Å². The van der Waals surface area contributed by atoms with E-state index in [1.165, 1.54) is 25.3 Å². The molecule has 0 radical (unpaired) electrons. The van der Waals surface area contributed by atoms with E-state index in [4.69, 9.17) is 16.3 Å². The van der Waals surface area contributed by atoms with Gasteiger partial charge in [-0.3, -0.25) is 4.79 Å². The largest absolute Gasteiger partial charge is 0.495 e. The van der Waals surface area contributed by atoms with Crippen LogP contribution < -0.4 is 14.8 Å². The van der Waals surface area contributed by atoms with Gasteiger partial charge in [0.2, 0.25) is 15.9 Å². The molecule has 0 bridgehead atoms. The van der Waals surface area contributed by atoms with E-state index < -0.39 is 22.0 Å². The third-order valence-electron chi connectivity index (χ3n) is 5.04. The van der Waals surface area contributed by atoms with Gasteiger partial charge in [-0.25, -0.2) is 8.42 Å². The molecule has 3 rings (SSSR count). The van der Waals surface area contributed by atoms with Crippen LogP contribution in [0.15, 0.2) is 71.6 Å². The van der Waals surface area contributed by atoms with Crippen molar-refractivity contribution in [2.45, 2.75) is 31.2 Å². The maximum Gasteiger partial charge on any atom is 0.245 e. The topological polar surface area (TPSA) is 84.5 Å². The summed E-state index contributed by atoms with van der Waals surface area (Å²) in [5.41, 5.74) is 3.25. The second-order valence-corrected chi connectivity index (χ2v) is 9.53. The summed E-state index contributed by atoms with van der Waals surface area (Å²) in [6.07, 6.45) is 0.166. The zero-order chi connectivity index (χ0) is 23.3.